The van der Waals surface area contributed by atoms with E-state index in [0.717, 1.165) is 22.4 Å². The van der Waals surface area contributed by atoms with E-state index in [0.29, 0.717) is 6.54 Å². The van der Waals surface area contributed by atoms with Crippen molar-refractivity contribution in [3.8, 4) is 5.75 Å². The number of carbonyl (C=O) groups excluding carboxylic acids is 1. The molecular formula is C13H19NO3. The van der Waals surface area contributed by atoms with Crippen LogP contribution in [-0.4, -0.2) is 19.6 Å². The van der Waals surface area contributed by atoms with Crippen molar-refractivity contribution in [2.75, 3.05) is 13.7 Å². The van der Waals surface area contributed by atoms with Crippen LogP contribution in [0.3, 0.4) is 0 Å². The van der Waals surface area contributed by atoms with Crippen LogP contribution in [-0.2, 0) is 16.1 Å². The third kappa shape index (κ3) is 3.75. The third-order valence-corrected chi connectivity index (χ3v) is 2.44. The van der Waals surface area contributed by atoms with E-state index in [9.17, 15) is 4.79 Å². The van der Waals surface area contributed by atoms with Crippen LogP contribution in [0.1, 0.15) is 23.1 Å². The van der Waals surface area contributed by atoms with Gasteiger partial charge in [-0.3, -0.25) is 4.79 Å². The van der Waals surface area contributed by atoms with Gasteiger partial charge in [-0.2, -0.15) is 0 Å². The Hall–Kier alpha value is -1.55. The van der Waals surface area contributed by atoms with Crippen molar-refractivity contribution < 1.29 is 14.3 Å². The smallest absolute Gasteiger partial charge is 0.307 e. The first-order valence-electron chi connectivity index (χ1n) is 5.58. The lowest BCUT2D eigenvalue weighted by molar-refractivity contribution is -0.144. The molecule has 0 amide bonds. The van der Waals surface area contributed by atoms with E-state index in [1.54, 1.807) is 7.11 Å². The molecule has 0 saturated heterocycles. The molecule has 1 aromatic rings. The SMILES string of the molecule is COc1c(C)cc(C)cc1COC(=O)CCN. The highest BCUT2D eigenvalue weighted by atomic mass is 16.5. The maximum Gasteiger partial charge on any atom is 0.307 e. The van der Waals surface area contributed by atoms with E-state index in [1.165, 1.54) is 0 Å². The van der Waals surface area contributed by atoms with E-state index in [1.807, 2.05) is 26.0 Å². The topological polar surface area (TPSA) is 61.5 Å². The van der Waals surface area contributed by atoms with Gasteiger partial charge < -0.3 is 15.2 Å². The molecule has 4 nitrogen and oxygen atoms in total. The molecule has 0 radical (unpaired) electrons. The molecule has 17 heavy (non-hydrogen) atoms. The Kier molecular flexibility index (Phi) is 4.97. The molecule has 0 unspecified atom stereocenters. The van der Waals surface area contributed by atoms with E-state index in [-0.39, 0.29) is 19.0 Å². The number of methoxy groups -OCH3 is 1. The van der Waals surface area contributed by atoms with Gasteiger partial charge in [0.15, 0.2) is 0 Å². The highest BCUT2D eigenvalue weighted by molar-refractivity contribution is 5.69. The summed E-state index contributed by atoms with van der Waals surface area (Å²) in [6.45, 7) is 4.50. The summed E-state index contributed by atoms with van der Waals surface area (Å²) in [7, 11) is 1.61. The van der Waals surface area contributed by atoms with Gasteiger partial charge in [-0.05, 0) is 25.5 Å². The highest BCUT2D eigenvalue weighted by Gasteiger charge is 2.09. The minimum atomic E-state index is -0.284. The molecule has 0 heterocycles. The summed E-state index contributed by atoms with van der Waals surface area (Å²) >= 11 is 0. The molecule has 2 N–H and O–H groups in total. The molecule has 0 aromatic heterocycles. The Labute approximate surface area is 102 Å². The van der Waals surface area contributed by atoms with Crippen LogP contribution < -0.4 is 10.5 Å². The summed E-state index contributed by atoms with van der Waals surface area (Å²) in [5.74, 6) is 0.491. The van der Waals surface area contributed by atoms with Gasteiger partial charge in [-0.15, -0.1) is 0 Å². The average Bonchev–Trinajstić information content (AvgIpc) is 2.26. The molecular weight excluding hydrogens is 218 g/mol. The minimum Gasteiger partial charge on any atom is -0.496 e. The molecule has 0 atom stereocenters. The average molecular weight is 237 g/mol. The lowest BCUT2D eigenvalue weighted by atomic mass is 10.1. The number of hydrogen-bond acceptors (Lipinski definition) is 4. The summed E-state index contributed by atoms with van der Waals surface area (Å²) in [6, 6.07) is 3.99. The molecule has 0 aliphatic rings. The fourth-order valence-corrected chi connectivity index (χ4v) is 1.79. The molecule has 0 saturated carbocycles. The first kappa shape index (κ1) is 13.5. The predicted octanol–water partition coefficient (Wildman–Crippen LogP) is 1.70. The van der Waals surface area contributed by atoms with Gasteiger partial charge in [-0.1, -0.05) is 11.6 Å². The Morgan fingerprint density at radius 3 is 2.65 bits per heavy atom. The number of nitrogens with two attached hydrogens (primary N) is 1. The second-order valence-electron chi connectivity index (χ2n) is 3.97. The van der Waals surface area contributed by atoms with E-state index >= 15 is 0 Å². The largest absolute Gasteiger partial charge is 0.496 e. The zero-order valence-corrected chi connectivity index (χ0v) is 10.6. The second kappa shape index (κ2) is 6.25. The Morgan fingerprint density at radius 1 is 1.35 bits per heavy atom. The minimum absolute atomic E-state index is 0.227. The van der Waals surface area contributed by atoms with Crippen LogP contribution in [0, 0.1) is 13.8 Å². The van der Waals surface area contributed by atoms with Crippen molar-refractivity contribution >= 4 is 5.97 Å². The predicted molar refractivity (Wildman–Crippen MR) is 65.9 cm³/mol. The van der Waals surface area contributed by atoms with Gasteiger partial charge in [0, 0.05) is 12.1 Å². The summed E-state index contributed by atoms with van der Waals surface area (Å²) in [6.07, 6.45) is 0.243. The van der Waals surface area contributed by atoms with Crippen molar-refractivity contribution in [3.05, 3.63) is 28.8 Å². The molecule has 4 heteroatoms. The molecule has 0 aliphatic heterocycles. The Bertz CT molecular complexity index is 402. The number of ether oxygens (including phenoxy) is 2. The van der Waals surface area contributed by atoms with E-state index in [4.69, 9.17) is 15.2 Å². The van der Waals surface area contributed by atoms with Crippen molar-refractivity contribution in [1.29, 1.82) is 0 Å². The summed E-state index contributed by atoms with van der Waals surface area (Å²) < 4.78 is 10.4. The fraction of sp³-hybridized carbons (Fsp3) is 0.462. The number of hydrogen-bond donors (Lipinski definition) is 1. The van der Waals surface area contributed by atoms with E-state index in [2.05, 4.69) is 0 Å². The van der Waals surface area contributed by atoms with Crippen molar-refractivity contribution in [3.63, 3.8) is 0 Å². The number of carbonyl (C=O) groups is 1. The normalized spacial score (nSPS) is 10.1. The maximum absolute atomic E-state index is 11.2. The fourth-order valence-electron chi connectivity index (χ4n) is 1.79. The lowest BCUT2D eigenvalue weighted by Gasteiger charge is -2.13. The molecule has 0 bridgehead atoms. The van der Waals surface area contributed by atoms with Gasteiger partial charge in [0.1, 0.15) is 12.4 Å². The maximum atomic E-state index is 11.2. The van der Waals surface area contributed by atoms with Crippen LogP contribution in [0.5, 0.6) is 5.75 Å². The van der Waals surface area contributed by atoms with Crippen molar-refractivity contribution in [2.24, 2.45) is 5.73 Å². The van der Waals surface area contributed by atoms with Gasteiger partial charge in [-0.25, -0.2) is 0 Å². The molecule has 0 spiro atoms. The Balaban J connectivity index is 2.79. The first-order chi connectivity index (χ1) is 8.08. The second-order valence-corrected chi connectivity index (χ2v) is 3.97. The van der Waals surface area contributed by atoms with Gasteiger partial charge >= 0.3 is 5.97 Å². The van der Waals surface area contributed by atoms with Crippen molar-refractivity contribution in [2.45, 2.75) is 26.9 Å². The van der Waals surface area contributed by atoms with Gasteiger partial charge in [0.25, 0.3) is 0 Å². The summed E-state index contributed by atoms with van der Waals surface area (Å²) in [5.41, 5.74) is 8.32. The number of aryl methyl sites for hydroxylation is 2. The molecule has 0 fully saturated rings. The zero-order valence-electron chi connectivity index (χ0n) is 10.6. The van der Waals surface area contributed by atoms with Crippen LogP contribution in [0.15, 0.2) is 12.1 Å². The summed E-state index contributed by atoms with van der Waals surface area (Å²) in [4.78, 5) is 11.2. The van der Waals surface area contributed by atoms with Crippen LogP contribution in [0.2, 0.25) is 0 Å². The number of rotatable bonds is 5. The molecule has 94 valence electrons. The quantitative estimate of drug-likeness (QED) is 0.792. The highest BCUT2D eigenvalue weighted by Crippen LogP contribution is 2.25. The zero-order chi connectivity index (χ0) is 12.8. The number of benzene rings is 1. The summed E-state index contributed by atoms with van der Waals surface area (Å²) in [5, 5.41) is 0. The van der Waals surface area contributed by atoms with Gasteiger partial charge in [0.2, 0.25) is 0 Å². The lowest BCUT2D eigenvalue weighted by Crippen LogP contribution is -2.11. The van der Waals surface area contributed by atoms with Gasteiger partial charge in [0.05, 0.1) is 13.5 Å². The van der Waals surface area contributed by atoms with Crippen LogP contribution >= 0.6 is 0 Å². The first-order valence-corrected chi connectivity index (χ1v) is 5.58. The monoisotopic (exact) mass is 237 g/mol. The van der Waals surface area contributed by atoms with Crippen LogP contribution in [0.4, 0.5) is 0 Å². The standard InChI is InChI=1S/C13H19NO3/c1-9-6-10(2)13(16-3)11(7-9)8-17-12(15)4-5-14/h6-7H,4-5,8,14H2,1-3H3. The van der Waals surface area contributed by atoms with E-state index < -0.39 is 0 Å². The molecule has 1 aromatic carbocycles. The number of esters is 1. The Morgan fingerprint density at radius 2 is 2.06 bits per heavy atom. The molecule has 1 rings (SSSR count). The third-order valence-electron chi connectivity index (χ3n) is 2.44. The molecule has 0 aliphatic carbocycles. The van der Waals surface area contributed by atoms with Crippen molar-refractivity contribution in [1.82, 2.24) is 0 Å². The van der Waals surface area contributed by atoms with Crippen LogP contribution in [0.25, 0.3) is 0 Å².